The fraction of sp³-hybridized carbons (Fsp3) is 0.333. The van der Waals surface area contributed by atoms with E-state index in [-0.39, 0.29) is 12.8 Å². The van der Waals surface area contributed by atoms with Crippen LogP contribution in [0.15, 0.2) is 18.2 Å². The minimum absolute atomic E-state index is 0.160. The van der Waals surface area contributed by atoms with Gasteiger partial charge in [0.25, 0.3) is 0 Å². The molecule has 0 saturated carbocycles. The number of nitriles is 1. The molecule has 1 aromatic rings. The van der Waals surface area contributed by atoms with E-state index >= 15 is 0 Å². The Morgan fingerprint density at radius 2 is 1.94 bits per heavy atom. The molecule has 3 nitrogen and oxygen atoms in total. The lowest BCUT2D eigenvalue weighted by Crippen LogP contribution is -2.32. The number of hydrogen-bond acceptors (Lipinski definition) is 2. The second kappa shape index (κ2) is 5.39. The highest BCUT2D eigenvalue weighted by atomic mass is 35.5. The van der Waals surface area contributed by atoms with Gasteiger partial charge in [-0.05, 0) is 37.1 Å². The first kappa shape index (κ1) is 13.8. The molecule has 17 heavy (non-hydrogen) atoms. The summed E-state index contributed by atoms with van der Waals surface area (Å²) in [7, 11) is 0. The maximum absolute atomic E-state index is 11.4. The van der Waals surface area contributed by atoms with Gasteiger partial charge in [-0.3, -0.25) is 4.79 Å². The van der Waals surface area contributed by atoms with E-state index in [0.717, 1.165) is 0 Å². The normalized spacial score (nSPS) is 13.8. The van der Waals surface area contributed by atoms with Gasteiger partial charge in [-0.2, -0.15) is 5.26 Å². The van der Waals surface area contributed by atoms with Crippen molar-refractivity contribution in [2.45, 2.75) is 25.2 Å². The van der Waals surface area contributed by atoms with E-state index in [0.29, 0.717) is 15.6 Å². The van der Waals surface area contributed by atoms with Gasteiger partial charge in [-0.25, -0.2) is 0 Å². The number of carboxylic acids is 1. The molecule has 1 N–H and O–H groups in total. The third-order valence-electron chi connectivity index (χ3n) is 2.71. The molecule has 90 valence electrons. The average molecular weight is 272 g/mol. The van der Waals surface area contributed by atoms with E-state index in [9.17, 15) is 9.90 Å². The number of rotatable bonds is 4. The highest BCUT2D eigenvalue weighted by molar-refractivity contribution is 6.34. The second-order valence-electron chi connectivity index (χ2n) is 3.95. The van der Waals surface area contributed by atoms with Crippen molar-refractivity contribution in [3.05, 3.63) is 33.8 Å². The second-order valence-corrected chi connectivity index (χ2v) is 4.83. The highest BCUT2D eigenvalue weighted by Gasteiger charge is 2.35. The van der Waals surface area contributed by atoms with Crippen molar-refractivity contribution in [1.29, 1.82) is 5.26 Å². The Kier molecular flexibility index (Phi) is 4.39. The Morgan fingerprint density at radius 3 is 2.35 bits per heavy atom. The summed E-state index contributed by atoms with van der Waals surface area (Å²) < 4.78 is 0. The SMILES string of the molecule is CC(CCC#N)(C(=O)O)c1cc(Cl)cc(Cl)c1. The largest absolute Gasteiger partial charge is 0.481 e. The predicted octanol–water partition coefficient (Wildman–Crippen LogP) is 3.64. The van der Waals surface area contributed by atoms with E-state index in [1.807, 2.05) is 6.07 Å². The Hall–Kier alpha value is -1.24. The Bertz CT molecular complexity index is 462. The van der Waals surface area contributed by atoms with Crippen LogP contribution in [-0.2, 0) is 10.2 Å². The topological polar surface area (TPSA) is 61.1 Å². The average Bonchev–Trinajstić information content (AvgIpc) is 2.24. The molecular weight excluding hydrogens is 261 g/mol. The van der Waals surface area contributed by atoms with Crippen molar-refractivity contribution in [3.63, 3.8) is 0 Å². The molecule has 0 heterocycles. The summed E-state index contributed by atoms with van der Waals surface area (Å²) in [6.07, 6.45) is 0.377. The fourth-order valence-corrected chi connectivity index (χ4v) is 2.08. The summed E-state index contributed by atoms with van der Waals surface area (Å²) in [5.74, 6) is -0.994. The van der Waals surface area contributed by atoms with Gasteiger partial charge in [0, 0.05) is 16.5 Å². The lowest BCUT2D eigenvalue weighted by Gasteiger charge is -2.24. The molecule has 0 saturated heterocycles. The molecule has 0 aromatic heterocycles. The fourth-order valence-electron chi connectivity index (χ4n) is 1.55. The van der Waals surface area contributed by atoms with Gasteiger partial charge >= 0.3 is 5.97 Å². The molecular formula is C12H11Cl2NO2. The van der Waals surface area contributed by atoms with Gasteiger partial charge in [0.1, 0.15) is 0 Å². The first-order chi connectivity index (χ1) is 7.90. The first-order valence-corrected chi connectivity index (χ1v) is 5.72. The summed E-state index contributed by atoms with van der Waals surface area (Å²) >= 11 is 11.7. The molecule has 0 fully saturated rings. The van der Waals surface area contributed by atoms with Crippen LogP contribution in [0.5, 0.6) is 0 Å². The van der Waals surface area contributed by atoms with Crippen LogP contribution in [0.3, 0.4) is 0 Å². The van der Waals surface area contributed by atoms with Gasteiger partial charge < -0.3 is 5.11 Å². The van der Waals surface area contributed by atoms with Crippen LogP contribution < -0.4 is 0 Å². The number of aliphatic carboxylic acids is 1. The van der Waals surface area contributed by atoms with E-state index in [1.54, 1.807) is 25.1 Å². The molecule has 1 unspecified atom stereocenters. The zero-order valence-electron chi connectivity index (χ0n) is 9.20. The minimum atomic E-state index is -1.15. The first-order valence-electron chi connectivity index (χ1n) is 4.97. The van der Waals surface area contributed by atoms with Crippen LogP contribution in [0.4, 0.5) is 0 Å². The van der Waals surface area contributed by atoms with Crippen molar-refractivity contribution in [2.75, 3.05) is 0 Å². The summed E-state index contributed by atoms with van der Waals surface area (Å²) in [6, 6.07) is 6.63. The molecule has 1 rings (SSSR count). The van der Waals surface area contributed by atoms with Gasteiger partial charge in [-0.15, -0.1) is 0 Å². The van der Waals surface area contributed by atoms with E-state index in [1.165, 1.54) is 0 Å². The number of carbonyl (C=O) groups is 1. The molecule has 1 atom stereocenters. The van der Waals surface area contributed by atoms with Gasteiger partial charge in [-0.1, -0.05) is 23.2 Å². The van der Waals surface area contributed by atoms with Crippen molar-refractivity contribution in [2.24, 2.45) is 0 Å². The molecule has 0 aliphatic heterocycles. The van der Waals surface area contributed by atoms with E-state index in [2.05, 4.69) is 0 Å². The zero-order valence-corrected chi connectivity index (χ0v) is 10.7. The molecule has 1 aromatic carbocycles. The van der Waals surface area contributed by atoms with Crippen LogP contribution in [0.25, 0.3) is 0 Å². The quantitative estimate of drug-likeness (QED) is 0.910. The van der Waals surface area contributed by atoms with Crippen LogP contribution in [0.2, 0.25) is 10.0 Å². The van der Waals surface area contributed by atoms with Crippen LogP contribution >= 0.6 is 23.2 Å². The van der Waals surface area contributed by atoms with Crippen LogP contribution in [0, 0.1) is 11.3 Å². The van der Waals surface area contributed by atoms with Crippen molar-refractivity contribution >= 4 is 29.2 Å². The molecule has 0 amide bonds. The minimum Gasteiger partial charge on any atom is -0.481 e. The molecule has 0 spiro atoms. The lowest BCUT2D eigenvalue weighted by atomic mass is 9.79. The van der Waals surface area contributed by atoms with E-state index < -0.39 is 11.4 Å². The molecule has 0 bridgehead atoms. The predicted molar refractivity (Wildman–Crippen MR) is 66.3 cm³/mol. The number of hydrogen-bond donors (Lipinski definition) is 1. The summed E-state index contributed by atoms with van der Waals surface area (Å²) in [6.45, 7) is 1.56. The molecule has 0 aliphatic carbocycles. The van der Waals surface area contributed by atoms with Crippen molar-refractivity contribution in [1.82, 2.24) is 0 Å². The zero-order chi connectivity index (χ0) is 13.1. The number of nitrogens with zero attached hydrogens (tertiary/aromatic N) is 1. The van der Waals surface area contributed by atoms with Gasteiger partial charge in [0.15, 0.2) is 0 Å². The summed E-state index contributed by atoms with van der Waals surface area (Å²) in [5.41, 5.74) is -0.637. The van der Waals surface area contributed by atoms with E-state index in [4.69, 9.17) is 28.5 Å². The number of halogens is 2. The molecule has 0 aliphatic rings. The summed E-state index contributed by atoms with van der Waals surface area (Å²) in [5, 5.41) is 18.6. The van der Waals surface area contributed by atoms with Gasteiger partial charge in [0.2, 0.25) is 0 Å². The van der Waals surface area contributed by atoms with Crippen LogP contribution in [0.1, 0.15) is 25.3 Å². The third-order valence-corrected chi connectivity index (χ3v) is 3.14. The number of benzene rings is 1. The van der Waals surface area contributed by atoms with Crippen molar-refractivity contribution < 1.29 is 9.90 Å². The Balaban J connectivity index is 3.22. The highest BCUT2D eigenvalue weighted by Crippen LogP contribution is 2.33. The summed E-state index contributed by atoms with van der Waals surface area (Å²) in [4.78, 5) is 11.4. The molecule has 5 heteroatoms. The number of carboxylic acid groups (broad SMARTS) is 1. The maximum atomic E-state index is 11.4. The Labute approximate surface area is 110 Å². The maximum Gasteiger partial charge on any atom is 0.313 e. The van der Waals surface area contributed by atoms with Gasteiger partial charge in [0.05, 0.1) is 11.5 Å². The van der Waals surface area contributed by atoms with Crippen molar-refractivity contribution in [3.8, 4) is 6.07 Å². The standard InChI is InChI=1S/C12H11Cl2NO2/c1-12(11(16)17,3-2-4-15)8-5-9(13)7-10(14)6-8/h5-7H,2-3H2,1H3,(H,16,17). The lowest BCUT2D eigenvalue weighted by molar-refractivity contribution is -0.143. The third kappa shape index (κ3) is 3.12. The monoisotopic (exact) mass is 271 g/mol. The van der Waals surface area contributed by atoms with Crippen LogP contribution in [-0.4, -0.2) is 11.1 Å². The molecule has 0 radical (unpaired) electrons. The smallest absolute Gasteiger partial charge is 0.313 e. The Morgan fingerprint density at radius 1 is 1.41 bits per heavy atom.